The van der Waals surface area contributed by atoms with Crippen LogP contribution >= 0.6 is 0 Å². The van der Waals surface area contributed by atoms with E-state index in [2.05, 4.69) is 5.32 Å². The minimum atomic E-state index is 0.0190. The van der Waals surface area contributed by atoms with Crippen LogP contribution in [0.5, 0.6) is 0 Å². The Morgan fingerprint density at radius 3 is 2.76 bits per heavy atom. The number of nitrogens with one attached hydrogen (secondary N) is 1. The number of fused-ring (bicyclic) bond motifs is 1. The van der Waals surface area contributed by atoms with E-state index in [0.717, 1.165) is 35.9 Å². The molecule has 1 atom stereocenters. The van der Waals surface area contributed by atoms with Gasteiger partial charge in [-0.3, -0.25) is 0 Å². The Labute approximate surface area is 126 Å². The molecule has 1 fully saturated rings. The predicted molar refractivity (Wildman–Crippen MR) is 81.3 cm³/mol. The summed E-state index contributed by atoms with van der Waals surface area (Å²) < 4.78 is 11.3. The summed E-state index contributed by atoms with van der Waals surface area (Å²) in [7, 11) is 3.69. The van der Waals surface area contributed by atoms with E-state index in [-0.39, 0.29) is 6.10 Å². The van der Waals surface area contributed by atoms with Crippen LogP contribution in [-0.2, 0) is 22.5 Å². The molecular weight excluding hydrogens is 266 g/mol. The minimum absolute atomic E-state index is 0.0190. The molecule has 0 spiro atoms. The molecule has 2 heterocycles. The second-order valence-corrected chi connectivity index (χ2v) is 5.96. The zero-order chi connectivity index (χ0) is 14.7. The fourth-order valence-corrected chi connectivity index (χ4v) is 3.53. The Hall–Kier alpha value is -1.20. The molecule has 116 valence electrons. The molecule has 3 rings (SSSR count). The third-order valence-electron chi connectivity index (χ3n) is 4.66. The number of rotatable bonds is 4. The number of nitrogens with zero attached hydrogens (tertiary/aromatic N) is 2. The molecule has 21 heavy (non-hydrogen) atoms. The molecule has 5 nitrogen and oxygen atoms in total. The normalized spacial score (nSPS) is 20.9. The molecule has 0 saturated heterocycles. The lowest BCUT2D eigenvalue weighted by Crippen LogP contribution is -2.23. The first-order valence-corrected chi connectivity index (χ1v) is 8.01. The largest absolute Gasteiger partial charge is 0.376 e. The lowest BCUT2D eigenvalue weighted by molar-refractivity contribution is 0.0283. The van der Waals surface area contributed by atoms with Crippen LogP contribution in [0, 0.1) is 5.92 Å². The molecule has 2 aliphatic rings. The van der Waals surface area contributed by atoms with Crippen molar-refractivity contribution < 1.29 is 9.47 Å². The van der Waals surface area contributed by atoms with Gasteiger partial charge in [0.15, 0.2) is 5.82 Å². The quantitative estimate of drug-likeness (QED) is 0.924. The van der Waals surface area contributed by atoms with Gasteiger partial charge in [0, 0.05) is 26.1 Å². The van der Waals surface area contributed by atoms with Gasteiger partial charge in [-0.1, -0.05) is 19.3 Å². The highest BCUT2D eigenvalue weighted by Crippen LogP contribution is 2.36. The van der Waals surface area contributed by atoms with Gasteiger partial charge in [0.1, 0.15) is 11.9 Å². The van der Waals surface area contributed by atoms with Crippen LogP contribution in [0.3, 0.4) is 0 Å². The molecule has 1 N–H and O–H groups in total. The fraction of sp³-hybridized carbons (Fsp3) is 0.750. The number of aromatic nitrogens is 2. The van der Waals surface area contributed by atoms with Crippen LogP contribution in [0.25, 0.3) is 0 Å². The van der Waals surface area contributed by atoms with E-state index in [1.807, 2.05) is 7.05 Å². The molecule has 0 aromatic carbocycles. The smallest absolute Gasteiger partial charge is 0.160 e. The Morgan fingerprint density at radius 1 is 1.24 bits per heavy atom. The summed E-state index contributed by atoms with van der Waals surface area (Å²) in [6, 6.07) is 0. The average Bonchev–Trinajstić information content (AvgIpc) is 2.56. The first-order chi connectivity index (χ1) is 10.3. The molecule has 0 bridgehead atoms. The highest BCUT2D eigenvalue weighted by molar-refractivity contribution is 5.46. The molecule has 1 aromatic heterocycles. The van der Waals surface area contributed by atoms with Crippen molar-refractivity contribution in [1.29, 1.82) is 0 Å². The van der Waals surface area contributed by atoms with Gasteiger partial charge in [-0.25, -0.2) is 9.97 Å². The van der Waals surface area contributed by atoms with Gasteiger partial charge in [-0.2, -0.15) is 0 Å². The Balaban J connectivity index is 1.92. The van der Waals surface area contributed by atoms with Crippen molar-refractivity contribution in [3.63, 3.8) is 0 Å². The maximum absolute atomic E-state index is 5.78. The predicted octanol–water partition coefficient (Wildman–Crippen LogP) is 2.86. The van der Waals surface area contributed by atoms with Crippen LogP contribution in [0.2, 0.25) is 0 Å². The standard InChI is InChI=1S/C16H25N3O2/c1-17-15-12-10-21-9-8-13(12)18-16(19-15)14(20-2)11-6-4-3-5-7-11/h11,14H,3-10H2,1-2H3,(H,17,18,19). The lowest BCUT2D eigenvalue weighted by Gasteiger charge is -2.29. The van der Waals surface area contributed by atoms with Crippen molar-refractivity contribution in [2.24, 2.45) is 5.92 Å². The summed E-state index contributed by atoms with van der Waals surface area (Å²) in [5, 5.41) is 3.19. The van der Waals surface area contributed by atoms with Gasteiger partial charge >= 0.3 is 0 Å². The highest BCUT2D eigenvalue weighted by atomic mass is 16.5. The summed E-state index contributed by atoms with van der Waals surface area (Å²) in [5.41, 5.74) is 2.22. The average molecular weight is 291 g/mol. The van der Waals surface area contributed by atoms with E-state index >= 15 is 0 Å². The molecule has 1 aliphatic heterocycles. The van der Waals surface area contributed by atoms with Crippen LogP contribution in [0.1, 0.15) is 55.3 Å². The molecule has 1 aliphatic carbocycles. The summed E-state index contributed by atoms with van der Waals surface area (Å²) in [6.45, 7) is 1.35. The van der Waals surface area contributed by atoms with Crippen molar-refractivity contribution >= 4 is 5.82 Å². The number of methoxy groups -OCH3 is 1. The van der Waals surface area contributed by atoms with Crippen molar-refractivity contribution in [2.75, 3.05) is 26.1 Å². The van der Waals surface area contributed by atoms with Gasteiger partial charge in [-0.05, 0) is 18.8 Å². The van der Waals surface area contributed by atoms with E-state index in [4.69, 9.17) is 19.4 Å². The van der Waals surface area contributed by atoms with E-state index in [9.17, 15) is 0 Å². The molecule has 0 amide bonds. The maximum Gasteiger partial charge on any atom is 0.160 e. The zero-order valence-corrected chi connectivity index (χ0v) is 13.0. The maximum atomic E-state index is 5.78. The number of anilines is 1. The second kappa shape index (κ2) is 6.71. The Morgan fingerprint density at radius 2 is 2.05 bits per heavy atom. The van der Waals surface area contributed by atoms with Gasteiger partial charge in [0.05, 0.1) is 18.9 Å². The van der Waals surface area contributed by atoms with Gasteiger partial charge in [0.25, 0.3) is 0 Å². The SMILES string of the molecule is CNc1nc(C(OC)C2CCCCC2)nc2c1COCC2. The van der Waals surface area contributed by atoms with Crippen molar-refractivity contribution in [1.82, 2.24) is 9.97 Å². The van der Waals surface area contributed by atoms with Crippen molar-refractivity contribution in [3.8, 4) is 0 Å². The van der Waals surface area contributed by atoms with E-state index < -0.39 is 0 Å². The van der Waals surface area contributed by atoms with E-state index in [1.165, 1.54) is 32.1 Å². The van der Waals surface area contributed by atoms with Crippen molar-refractivity contribution in [2.45, 2.75) is 51.2 Å². The van der Waals surface area contributed by atoms with Gasteiger partial charge in [0.2, 0.25) is 0 Å². The van der Waals surface area contributed by atoms with Gasteiger partial charge < -0.3 is 14.8 Å². The van der Waals surface area contributed by atoms with E-state index in [1.54, 1.807) is 7.11 Å². The number of hydrogen-bond acceptors (Lipinski definition) is 5. The van der Waals surface area contributed by atoms with Gasteiger partial charge in [-0.15, -0.1) is 0 Å². The molecule has 0 radical (unpaired) electrons. The summed E-state index contributed by atoms with van der Waals surface area (Å²) >= 11 is 0. The molecule has 5 heteroatoms. The molecule has 1 unspecified atom stereocenters. The monoisotopic (exact) mass is 291 g/mol. The molecular formula is C16H25N3O2. The molecule has 1 aromatic rings. The first kappa shape index (κ1) is 14.7. The minimum Gasteiger partial charge on any atom is -0.376 e. The third kappa shape index (κ3) is 3.04. The van der Waals surface area contributed by atoms with Crippen LogP contribution in [0.4, 0.5) is 5.82 Å². The number of ether oxygens (including phenoxy) is 2. The van der Waals surface area contributed by atoms with Crippen molar-refractivity contribution in [3.05, 3.63) is 17.1 Å². The van der Waals surface area contributed by atoms with E-state index in [0.29, 0.717) is 12.5 Å². The number of hydrogen-bond donors (Lipinski definition) is 1. The Kier molecular flexibility index (Phi) is 4.70. The van der Waals surface area contributed by atoms with Crippen LogP contribution in [0.15, 0.2) is 0 Å². The fourth-order valence-electron chi connectivity index (χ4n) is 3.53. The highest BCUT2D eigenvalue weighted by Gasteiger charge is 2.29. The zero-order valence-electron chi connectivity index (χ0n) is 13.0. The summed E-state index contributed by atoms with van der Waals surface area (Å²) in [5.74, 6) is 2.29. The third-order valence-corrected chi connectivity index (χ3v) is 4.66. The second-order valence-electron chi connectivity index (χ2n) is 5.96. The van der Waals surface area contributed by atoms with Crippen LogP contribution in [-0.4, -0.2) is 30.7 Å². The Bertz CT molecular complexity index is 469. The van der Waals surface area contributed by atoms with Crippen LogP contribution < -0.4 is 5.32 Å². The first-order valence-electron chi connectivity index (χ1n) is 8.01. The summed E-state index contributed by atoms with van der Waals surface area (Å²) in [4.78, 5) is 9.54. The lowest BCUT2D eigenvalue weighted by atomic mass is 9.85. The summed E-state index contributed by atoms with van der Waals surface area (Å²) in [6.07, 6.45) is 7.25. The topological polar surface area (TPSA) is 56.3 Å². The molecule has 1 saturated carbocycles.